The number of hydrogen-bond acceptors (Lipinski definition) is 6. The number of hydrogen-bond donors (Lipinski definition) is 5. The molecule has 0 aliphatic rings. The van der Waals surface area contributed by atoms with Crippen molar-refractivity contribution in [3.05, 3.63) is 65.0 Å². The Balaban J connectivity index is 2.20. The van der Waals surface area contributed by atoms with Crippen LogP contribution >= 0.6 is 0 Å². The number of halogens is 1. The molecule has 2 aromatic carbocycles. The van der Waals surface area contributed by atoms with Crippen molar-refractivity contribution in [3.63, 3.8) is 0 Å². The smallest absolute Gasteiger partial charge is 0.243 e. The lowest BCUT2D eigenvalue weighted by Gasteiger charge is -2.24. The molecule has 10 heteroatoms. The first-order valence-electron chi connectivity index (χ1n) is 11.9. The average molecular weight is 513 g/mol. The van der Waals surface area contributed by atoms with Crippen molar-refractivity contribution in [2.45, 2.75) is 58.7 Å². The van der Waals surface area contributed by atoms with Crippen molar-refractivity contribution >= 4 is 29.7 Å². The number of aromatic hydroxyl groups is 1. The summed E-state index contributed by atoms with van der Waals surface area (Å²) < 4.78 is 13.2. The van der Waals surface area contributed by atoms with Crippen LogP contribution in [0, 0.1) is 24.1 Å². The Morgan fingerprint density at radius 3 is 2.16 bits per heavy atom. The molecular formula is C27H33FN4O5. The van der Waals surface area contributed by atoms with Gasteiger partial charge in [-0.3, -0.25) is 19.2 Å². The van der Waals surface area contributed by atoms with Crippen LogP contribution < -0.4 is 16.0 Å². The third kappa shape index (κ3) is 9.47. The Labute approximate surface area is 215 Å². The number of benzene rings is 2. The lowest BCUT2D eigenvalue weighted by Crippen LogP contribution is -2.55. The number of nitrogens with one attached hydrogen (secondary N) is 4. The molecule has 37 heavy (non-hydrogen) atoms. The summed E-state index contributed by atoms with van der Waals surface area (Å²) in [7, 11) is 0. The standard InChI is InChI=1S/C27H33FN4O5/c1-16(2)25(35)32-23(13-19-6-11-24(34)17(3)12-19)27(37)31-22(10-9-21(33)14-29)26(36)30-15-18-4-7-20(28)8-5-18/h4-8,11-12,14,16,22-23,29,34H,9-10,13,15H2,1-3H3,(H,30,36)(H,31,37)(H,32,35)/t22-,23-/m0/s1. The van der Waals surface area contributed by atoms with E-state index in [9.17, 15) is 28.7 Å². The van der Waals surface area contributed by atoms with Crippen molar-refractivity contribution < 1.29 is 28.7 Å². The zero-order valence-corrected chi connectivity index (χ0v) is 21.1. The van der Waals surface area contributed by atoms with E-state index < -0.39 is 41.4 Å². The van der Waals surface area contributed by atoms with Gasteiger partial charge in [-0.2, -0.15) is 0 Å². The topological polar surface area (TPSA) is 148 Å². The highest BCUT2D eigenvalue weighted by Crippen LogP contribution is 2.18. The Morgan fingerprint density at radius 1 is 0.946 bits per heavy atom. The zero-order chi connectivity index (χ0) is 27.5. The van der Waals surface area contributed by atoms with Gasteiger partial charge in [-0.25, -0.2) is 4.39 Å². The van der Waals surface area contributed by atoms with Crippen LogP contribution in [-0.4, -0.2) is 46.9 Å². The van der Waals surface area contributed by atoms with Crippen LogP contribution in [0.15, 0.2) is 42.5 Å². The van der Waals surface area contributed by atoms with Gasteiger partial charge >= 0.3 is 0 Å². The number of aryl methyl sites for hydroxylation is 1. The Bertz CT molecular complexity index is 1130. The molecule has 0 aliphatic heterocycles. The Morgan fingerprint density at radius 2 is 1.57 bits per heavy atom. The summed E-state index contributed by atoms with van der Waals surface area (Å²) in [5.74, 6) is -2.75. The van der Waals surface area contributed by atoms with Crippen LogP contribution in [-0.2, 0) is 32.1 Å². The van der Waals surface area contributed by atoms with Gasteiger partial charge in [0.25, 0.3) is 0 Å². The molecule has 9 nitrogen and oxygen atoms in total. The van der Waals surface area contributed by atoms with Gasteiger partial charge in [-0.1, -0.05) is 38.1 Å². The van der Waals surface area contributed by atoms with E-state index in [1.165, 1.54) is 30.3 Å². The quantitative estimate of drug-likeness (QED) is 0.261. The van der Waals surface area contributed by atoms with E-state index in [2.05, 4.69) is 16.0 Å². The summed E-state index contributed by atoms with van der Waals surface area (Å²) in [4.78, 5) is 50.3. The fourth-order valence-corrected chi connectivity index (χ4v) is 3.44. The van der Waals surface area contributed by atoms with E-state index in [1.54, 1.807) is 32.9 Å². The Hall–Kier alpha value is -4.08. The first-order chi connectivity index (χ1) is 17.5. The maximum Gasteiger partial charge on any atom is 0.243 e. The third-order valence-electron chi connectivity index (χ3n) is 5.71. The van der Waals surface area contributed by atoms with Gasteiger partial charge in [-0.05, 0) is 48.2 Å². The molecule has 0 aliphatic carbocycles. The summed E-state index contributed by atoms with van der Waals surface area (Å²) in [6, 6.07) is 8.25. The second-order valence-electron chi connectivity index (χ2n) is 9.10. The van der Waals surface area contributed by atoms with Gasteiger partial charge in [-0.15, -0.1) is 0 Å². The molecule has 198 valence electrons. The molecule has 3 amide bonds. The normalized spacial score (nSPS) is 12.4. The maximum atomic E-state index is 13.3. The predicted octanol–water partition coefficient (Wildman–Crippen LogP) is 2.32. The molecule has 0 spiro atoms. The minimum Gasteiger partial charge on any atom is -0.508 e. The maximum absolute atomic E-state index is 13.3. The molecule has 2 aromatic rings. The van der Waals surface area contributed by atoms with Crippen molar-refractivity contribution in [2.75, 3.05) is 0 Å². The number of phenols is 1. The van der Waals surface area contributed by atoms with Crippen LogP contribution in [0.2, 0.25) is 0 Å². The van der Waals surface area contributed by atoms with E-state index >= 15 is 0 Å². The molecule has 2 atom stereocenters. The molecule has 0 bridgehead atoms. The second-order valence-corrected chi connectivity index (χ2v) is 9.10. The van der Waals surface area contributed by atoms with Gasteiger partial charge in [0.15, 0.2) is 5.78 Å². The molecule has 0 heterocycles. The third-order valence-corrected chi connectivity index (χ3v) is 5.71. The van der Waals surface area contributed by atoms with Crippen LogP contribution in [0.5, 0.6) is 5.75 Å². The minimum absolute atomic E-state index is 0.0572. The van der Waals surface area contributed by atoms with Gasteiger partial charge in [0.1, 0.15) is 23.7 Å². The molecule has 0 unspecified atom stereocenters. The molecule has 0 fully saturated rings. The highest BCUT2D eigenvalue weighted by atomic mass is 19.1. The highest BCUT2D eigenvalue weighted by Gasteiger charge is 2.28. The van der Waals surface area contributed by atoms with E-state index in [1.807, 2.05) is 0 Å². The highest BCUT2D eigenvalue weighted by molar-refractivity contribution is 6.26. The largest absolute Gasteiger partial charge is 0.508 e. The van der Waals surface area contributed by atoms with E-state index in [0.717, 1.165) is 0 Å². The molecule has 0 aromatic heterocycles. The van der Waals surface area contributed by atoms with Crippen molar-refractivity contribution in [1.29, 1.82) is 5.41 Å². The van der Waals surface area contributed by atoms with Gasteiger partial charge in [0.2, 0.25) is 17.7 Å². The van der Waals surface area contributed by atoms with Gasteiger partial charge in [0.05, 0.1) is 6.21 Å². The fourth-order valence-electron chi connectivity index (χ4n) is 3.44. The van der Waals surface area contributed by atoms with E-state index in [0.29, 0.717) is 22.9 Å². The lowest BCUT2D eigenvalue weighted by molar-refractivity contribution is -0.133. The average Bonchev–Trinajstić information content (AvgIpc) is 2.87. The van der Waals surface area contributed by atoms with Crippen molar-refractivity contribution in [3.8, 4) is 5.75 Å². The number of carbonyl (C=O) groups is 4. The first kappa shape index (κ1) is 29.2. The van der Waals surface area contributed by atoms with Crippen molar-refractivity contribution in [2.24, 2.45) is 5.92 Å². The van der Waals surface area contributed by atoms with E-state index in [-0.39, 0.29) is 37.5 Å². The number of amides is 3. The first-order valence-corrected chi connectivity index (χ1v) is 11.9. The SMILES string of the molecule is Cc1cc(C[C@H](NC(=O)C(C)C)C(=O)N[C@@H](CCC(=O)C=N)C(=O)NCc2ccc(F)cc2)ccc1O. The van der Waals surface area contributed by atoms with Gasteiger partial charge in [0, 0.05) is 25.3 Å². The van der Waals surface area contributed by atoms with Crippen LogP contribution in [0.4, 0.5) is 4.39 Å². The molecule has 0 saturated carbocycles. The summed E-state index contributed by atoms with van der Waals surface area (Å²) >= 11 is 0. The lowest BCUT2D eigenvalue weighted by atomic mass is 10.0. The van der Waals surface area contributed by atoms with Crippen molar-refractivity contribution in [1.82, 2.24) is 16.0 Å². The van der Waals surface area contributed by atoms with E-state index in [4.69, 9.17) is 5.41 Å². The number of rotatable bonds is 13. The van der Waals surface area contributed by atoms with Crippen LogP contribution in [0.3, 0.4) is 0 Å². The summed E-state index contributed by atoms with van der Waals surface area (Å²) in [5.41, 5.74) is 1.94. The second kappa shape index (κ2) is 13.9. The zero-order valence-electron chi connectivity index (χ0n) is 21.1. The number of Topliss-reactive ketones (excluding diaryl/α,β-unsaturated/α-hetero) is 1. The molecular weight excluding hydrogens is 479 g/mol. The molecule has 0 radical (unpaired) electrons. The predicted molar refractivity (Wildman–Crippen MR) is 137 cm³/mol. The summed E-state index contributed by atoms with van der Waals surface area (Å²) in [5, 5.41) is 24.9. The molecule has 5 N–H and O–H groups in total. The monoisotopic (exact) mass is 512 g/mol. The number of carbonyl (C=O) groups excluding carboxylic acids is 4. The van der Waals surface area contributed by atoms with Crippen LogP contribution in [0.1, 0.15) is 43.4 Å². The Kier molecular flexibility index (Phi) is 10.9. The van der Waals surface area contributed by atoms with Gasteiger partial charge < -0.3 is 26.5 Å². The molecule has 0 saturated heterocycles. The number of phenolic OH excluding ortho intramolecular Hbond substituents is 1. The summed E-state index contributed by atoms with van der Waals surface area (Å²) in [6.45, 7) is 5.15. The summed E-state index contributed by atoms with van der Waals surface area (Å²) in [6.07, 6.45) is 0.555. The molecule has 2 rings (SSSR count). The fraction of sp³-hybridized carbons (Fsp3) is 0.370. The van der Waals surface area contributed by atoms with Crippen LogP contribution in [0.25, 0.3) is 0 Å². The minimum atomic E-state index is -1.11. The number of ketones is 1.